The molecule has 21 heavy (non-hydrogen) atoms. The molecule has 1 saturated carbocycles. The smallest absolute Gasteiger partial charge is 0.223 e. The van der Waals surface area contributed by atoms with Crippen LogP contribution in [0.25, 0.3) is 0 Å². The maximum absolute atomic E-state index is 12.2. The predicted molar refractivity (Wildman–Crippen MR) is 82.3 cm³/mol. The van der Waals surface area contributed by atoms with Crippen molar-refractivity contribution in [1.82, 2.24) is 15.1 Å². The van der Waals surface area contributed by atoms with E-state index in [9.17, 15) is 4.79 Å². The fourth-order valence-electron chi connectivity index (χ4n) is 3.31. The topological polar surface area (TPSA) is 44.8 Å². The summed E-state index contributed by atoms with van der Waals surface area (Å²) in [6.07, 6.45) is 7.15. The summed E-state index contributed by atoms with van der Waals surface area (Å²) in [5.74, 6) is 0.321. The maximum Gasteiger partial charge on any atom is 0.223 e. The first-order valence-electron chi connectivity index (χ1n) is 8.66. The van der Waals surface area contributed by atoms with Gasteiger partial charge in [-0.3, -0.25) is 9.69 Å². The number of hydrogen-bond acceptors (Lipinski definition) is 4. The van der Waals surface area contributed by atoms with Crippen molar-refractivity contribution >= 4 is 5.91 Å². The lowest BCUT2D eigenvalue weighted by Gasteiger charge is -2.24. The molecule has 0 radical (unpaired) electrons. The first-order chi connectivity index (χ1) is 10.3. The molecule has 3 rings (SSSR count). The maximum atomic E-state index is 12.2. The highest BCUT2D eigenvalue weighted by atomic mass is 16.5. The van der Waals surface area contributed by atoms with Gasteiger partial charge in [0.05, 0.1) is 6.10 Å². The second-order valence-electron chi connectivity index (χ2n) is 6.65. The average Bonchev–Trinajstić information content (AvgIpc) is 3.21. The zero-order valence-corrected chi connectivity index (χ0v) is 13.1. The molecule has 0 aromatic heterocycles. The van der Waals surface area contributed by atoms with Crippen LogP contribution < -0.4 is 5.32 Å². The minimum atomic E-state index is 0.321. The number of ether oxygens (including phenoxy) is 1. The number of carbonyl (C=O) groups is 1. The number of rotatable bonds is 6. The Hall–Kier alpha value is -0.650. The van der Waals surface area contributed by atoms with Crippen LogP contribution in [0, 0.1) is 0 Å². The van der Waals surface area contributed by atoms with Gasteiger partial charge in [0.15, 0.2) is 0 Å². The summed E-state index contributed by atoms with van der Waals surface area (Å²) in [4.78, 5) is 16.8. The molecule has 2 heterocycles. The van der Waals surface area contributed by atoms with Crippen LogP contribution in [0.15, 0.2) is 0 Å². The molecule has 120 valence electrons. The highest BCUT2D eigenvalue weighted by Crippen LogP contribution is 2.18. The lowest BCUT2D eigenvalue weighted by molar-refractivity contribution is -0.131. The van der Waals surface area contributed by atoms with Crippen LogP contribution in [0.3, 0.4) is 0 Å². The molecule has 1 N–H and O–H groups in total. The summed E-state index contributed by atoms with van der Waals surface area (Å²) in [5, 5.41) is 3.42. The standard InChI is InChI=1S/C16H29N3O2/c20-16(6-7-17-14-4-5-14)19-9-2-8-18(10-11-19)13-15-3-1-12-21-15/h14-15,17H,1-13H2. The first kappa shape index (κ1) is 15.3. The van der Waals surface area contributed by atoms with Crippen molar-refractivity contribution < 1.29 is 9.53 Å². The highest BCUT2D eigenvalue weighted by Gasteiger charge is 2.24. The lowest BCUT2D eigenvalue weighted by atomic mass is 10.2. The van der Waals surface area contributed by atoms with E-state index < -0.39 is 0 Å². The van der Waals surface area contributed by atoms with Gasteiger partial charge in [-0.15, -0.1) is 0 Å². The minimum absolute atomic E-state index is 0.321. The zero-order chi connectivity index (χ0) is 14.5. The Labute approximate surface area is 128 Å². The summed E-state index contributed by atoms with van der Waals surface area (Å²) in [6, 6.07) is 0.698. The van der Waals surface area contributed by atoms with E-state index in [-0.39, 0.29) is 0 Å². The second-order valence-corrected chi connectivity index (χ2v) is 6.65. The molecule has 5 heteroatoms. The molecular weight excluding hydrogens is 266 g/mol. The van der Waals surface area contributed by atoms with Crippen LogP contribution in [-0.4, -0.2) is 73.7 Å². The second kappa shape index (κ2) is 7.56. The van der Waals surface area contributed by atoms with Crippen molar-refractivity contribution in [2.45, 2.75) is 50.7 Å². The molecule has 1 unspecified atom stereocenters. The van der Waals surface area contributed by atoms with Crippen molar-refractivity contribution in [3.8, 4) is 0 Å². The molecule has 1 aliphatic carbocycles. The summed E-state index contributed by atoms with van der Waals surface area (Å²) in [6.45, 7) is 6.73. The summed E-state index contributed by atoms with van der Waals surface area (Å²) < 4.78 is 5.72. The van der Waals surface area contributed by atoms with Crippen molar-refractivity contribution in [2.75, 3.05) is 45.9 Å². The molecule has 0 spiro atoms. The molecule has 3 aliphatic rings. The van der Waals surface area contributed by atoms with E-state index in [1.54, 1.807) is 0 Å². The van der Waals surface area contributed by atoms with Gasteiger partial charge < -0.3 is 15.0 Å². The van der Waals surface area contributed by atoms with Crippen molar-refractivity contribution in [3.05, 3.63) is 0 Å². The van der Waals surface area contributed by atoms with E-state index in [0.29, 0.717) is 24.5 Å². The third-order valence-corrected chi connectivity index (χ3v) is 4.78. The van der Waals surface area contributed by atoms with E-state index >= 15 is 0 Å². The number of carbonyl (C=O) groups excluding carboxylic acids is 1. The van der Waals surface area contributed by atoms with Gasteiger partial charge in [0.25, 0.3) is 0 Å². The molecule has 0 aromatic rings. The number of amides is 1. The molecule has 2 aliphatic heterocycles. The fourth-order valence-corrected chi connectivity index (χ4v) is 3.31. The number of nitrogens with zero attached hydrogens (tertiary/aromatic N) is 2. The normalized spacial score (nSPS) is 27.8. The summed E-state index contributed by atoms with van der Waals surface area (Å²) >= 11 is 0. The lowest BCUT2D eigenvalue weighted by Crippen LogP contribution is -2.38. The van der Waals surface area contributed by atoms with E-state index in [1.165, 1.54) is 25.7 Å². The first-order valence-corrected chi connectivity index (χ1v) is 8.66. The van der Waals surface area contributed by atoms with Crippen LogP contribution in [0.4, 0.5) is 0 Å². The van der Waals surface area contributed by atoms with Crippen molar-refractivity contribution in [2.24, 2.45) is 0 Å². The van der Waals surface area contributed by atoms with Crippen LogP contribution in [0.2, 0.25) is 0 Å². The molecule has 1 amide bonds. The van der Waals surface area contributed by atoms with Gasteiger partial charge in [0.2, 0.25) is 5.91 Å². The van der Waals surface area contributed by atoms with Crippen molar-refractivity contribution in [3.63, 3.8) is 0 Å². The van der Waals surface area contributed by atoms with Crippen LogP contribution >= 0.6 is 0 Å². The van der Waals surface area contributed by atoms with E-state index in [2.05, 4.69) is 15.1 Å². The molecule has 3 fully saturated rings. The Kier molecular flexibility index (Phi) is 5.49. The van der Waals surface area contributed by atoms with Crippen LogP contribution in [0.1, 0.15) is 38.5 Å². The van der Waals surface area contributed by atoms with Crippen molar-refractivity contribution in [1.29, 1.82) is 0 Å². The minimum Gasteiger partial charge on any atom is -0.377 e. The molecule has 0 aromatic carbocycles. The van der Waals surface area contributed by atoms with Gasteiger partial charge in [-0.1, -0.05) is 0 Å². The van der Waals surface area contributed by atoms with Gasteiger partial charge in [-0.25, -0.2) is 0 Å². The third kappa shape index (κ3) is 4.94. The summed E-state index contributed by atoms with van der Waals surface area (Å²) in [7, 11) is 0. The van der Waals surface area contributed by atoms with E-state index in [4.69, 9.17) is 4.74 Å². The third-order valence-electron chi connectivity index (χ3n) is 4.78. The molecular formula is C16H29N3O2. The van der Waals surface area contributed by atoms with E-state index in [1.807, 2.05) is 0 Å². The largest absolute Gasteiger partial charge is 0.377 e. The molecule has 0 bridgehead atoms. The Balaban J connectivity index is 1.36. The number of nitrogens with one attached hydrogen (secondary N) is 1. The van der Waals surface area contributed by atoms with Crippen LogP contribution in [-0.2, 0) is 9.53 Å². The Morgan fingerprint density at radius 2 is 2.00 bits per heavy atom. The summed E-state index contributed by atoms with van der Waals surface area (Å²) in [5.41, 5.74) is 0. The predicted octanol–water partition coefficient (Wildman–Crippen LogP) is 0.842. The van der Waals surface area contributed by atoms with Gasteiger partial charge in [0.1, 0.15) is 0 Å². The highest BCUT2D eigenvalue weighted by molar-refractivity contribution is 5.76. The average molecular weight is 295 g/mol. The zero-order valence-electron chi connectivity index (χ0n) is 13.1. The Bertz CT molecular complexity index is 340. The van der Waals surface area contributed by atoms with Gasteiger partial charge in [0, 0.05) is 51.8 Å². The van der Waals surface area contributed by atoms with E-state index in [0.717, 1.165) is 52.3 Å². The molecule has 5 nitrogen and oxygen atoms in total. The van der Waals surface area contributed by atoms with Gasteiger partial charge >= 0.3 is 0 Å². The molecule has 1 atom stereocenters. The Morgan fingerprint density at radius 3 is 2.76 bits per heavy atom. The Morgan fingerprint density at radius 1 is 1.10 bits per heavy atom. The quantitative estimate of drug-likeness (QED) is 0.789. The van der Waals surface area contributed by atoms with Gasteiger partial charge in [-0.2, -0.15) is 0 Å². The monoisotopic (exact) mass is 295 g/mol. The van der Waals surface area contributed by atoms with Gasteiger partial charge in [-0.05, 0) is 38.6 Å². The fraction of sp³-hybridized carbons (Fsp3) is 0.938. The van der Waals surface area contributed by atoms with Crippen LogP contribution in [0.5, 0.6) is 0 Å². The SMILES string of the molecule is O=C(CCNC1CC1)N1CCCN(CC2CCCO2)CC1. The number of hydrogen-bond donors (Lipinski definition) is 1. The molecule has 2 saturated heterocycles.